The minimum absolute atomic E-state index is 0.522. The molecule has 0 aliphatic carbocycles. The van der Waals surface area contributed by atoms with Crippen LogP contribution in [-0.4, -0.2) is 46.5 Å². The summed E-state index contributed by atoms with van der Waals surface area (Å²) in [7, 11) is 4.32. The number of aromatic carboxylic acids is 1. The summed E-state index contributed by atoms with van der Waals surface area (Å²) in [5, 5.41) is 29.3. The van der Waals surface area contributed by atoms with E-state index in [1.807, 2.05) is 0 Å². The fraction of sp³-hybridized carbons (Fsp3) is 0.667. The molecule has 1 N–H and O–H groups in total. The molecule has 0 heterocycles. The van der Waals surface area contributed by atoms with E-state index < -0.39 is 32.8 Å². The van der Waals surface area contributed by atoms with Crippen molar-refractivity contribution in [3.63, 3.8) is 0 Å². The molecule has 0 aliphatic heterocycles. The molecule has 1 aromatic carbocycles. The molecule has 0 aliphatic rings. The minimum Gasteiger partial charge on any atom is -0.477 e. The smallest absolute Gasteiger partial charge is 0.342 e. The Bertz CT molecular complexity index is 664. The van der Waals surface area contributed by atoms with E-state index in [1.54, 1.807) is 0 Å². The van der Waals surface area contributed by atoms with E-state index in [0.29, 0.717) is 6.07 Å². The predicted molar refractivity (Wildman–Crippen MR) is 117 cm³/mol. The number of carboxylic acids is 1. The van der Waals surface area contributed by atoms with Gasteiger partial charge in [0.2, 0.25) is 0 Å². The van der Waals surface area contributed by atoms with Crippen LogP contribution in [0.1, 0.15) is 81.5 Å². The Morgan fingerprint density at radius 3 is 1.80 bits per heavy atom. The van der Waals surface area contributed by atoms with Crippen LogP contribution in [0.2, 0.25) is 0 Å². The molecule has 0 radical (unpaired) electrons. The third-order valence-electron chi connectivity index (χ3n) is 4.58. The molecule has 170 valence electrons. The molecular formula is C21H35N3O6. The molecule has 0 amide bonds. The van der Waals surface area contributed by atoms with Crippen LogP contribution in [0.5, 0.6) is 0 Å². The molecule has 0 atom stereocenters. The number of hydrogen-bond acceptors (Lipinski definition) is 6. The Labute approximate surface area is 178 Å². The number of unbranched alkanes of at least 4 members (excludes halogenated alkanes) is 9. The lowest BCUT2D eigenvalue weighted by molar-refractivity contribution is -0.394. The maximum Gasteiger partial charge on any atom is 0.342 e. The predicted octanol–water partition coefficient (Wildman–Crippen LogP) is 5.67. The third-order valence-corrected chi connectivity index (χ3v) is 4.58. The van der Waals surface area contributed by atoms with Crippen LogP contribution in [0.4, 0.5) is 11.4 Å². The highest BCUT2D eigenvalue weighted by Crippen LogP contribution is 2.24. The van der Waals surface area contributed by atoms with Gasteiger partial charge in [-0.25, -0.2) is 4.79 Å². The van der Waals surface area contributed by atoms with Crippen LogP contribution in [0.3, 0.4) is 0 Å². The van der Waals surface area contributed by atoms with Crippen LogP contribution in [-0.2, 0) is 0 Å². The maximum absolute atomic E-state index is 10.5. The van der Waals surface area contributed by atoms with Gasteiger partial charge in [0, 0.05) is 6.07 Å². The van der Waals surface area contributed by atoms with Gasteiger partial charge in [0.15, 0.2) is 0 Å². The topological polar surface area (TPSA) is 127 Å². The summed E-state index contributed by atoms with van der Waals surface area (Å²) in [4.78, 5) is 31.7. The van der Waals surface area contributed by atoms with Gasteiger partial charge < -0.3 is 10.0 Å². The first-order valence-corrected chi connectivity index (χ1v) is 10.5. The summed E-state index contributed by atoms with van der Waals surface area (Å²) < 4.78 is 0. The number of carboxylic acid groups (broad SMARTS) is 1. The van der Waals surface area contributed by atoms with Crippen molar-refractivity contribution in [3.8, 4) is 0 Å². The first-order valence-electron chi connectivity index (χ1n) is 10.5. The van der Waals surface area contributed by atoms with Crippen molar-refractivity contribution in [3.05, 3.63) is 44.0 Å². The molecule has 0 saturated heterocycles. The molecule has 30 heavy (non-hydrogen) atoms. The van der Waals surface area contributed by atoms with E-state index in [1.165, 1.54) is 70.8 Å². The average molecular weight is 426 g/mol. The lowest BCUT2D eigenvalue weighted by Crippen LogP contribution is -2.12. The van der Waals surface area contributed by atoms with Gasteiger partial charge in [-0.3, -0.25) is 20.2 Å². The summed E-state index contributed by atoms with van der Waals surface area (Å²) in [5.41, 5.74) is -1.89. The molecule has 1 rings (SSSR count). The highest BCUT2D eigenvalue weighted by atomic mass is 16.6. The van der Waals surface area contributed by atoms with Gasteiger partial charge >= 0.3 is 5.97 Å². The largest absolute Gasteiger partial charge is 0.477 e. The standard InChI is InChI=1S/C14H31N.C7H4N2O6/c1-4-5-6-7-8-9-10-11-12-13-14-15(2)3;10-7(11)5-2-1-4(8(12)13)3-6(5)9(14)15/h4-14H2,1-3H3;1-3H,(H,10,11). The highest BCUT2D eigenvalue weighted by Gasteiger charge is 2.23. The van der Waals surface area contributed by atoms with Crippen LogP contribution >= 0.6 is 0 Å². The number of hydrogen-bond donors (Lipinski definition) is 1. The molecule has 0 spiro atoms. The van der Waals surface area contributed by atoms with Crippen molar-refractivity contribution in [2.75, 3.05) is 20.6 Å². The number of nitro benzene ring substituents is 2. The Balaban J connectivity index is 0.000000561. The van der Waals surface area contributed by atoms with Gasteiger partial charge in [-0.15, -0.1) is 0 Å². The van der Waals surface area contributed by atoms with Crippen LogP contribution in [0.25, 0.3) is 0 Å². The maximum atomic E-state index is 10.5. The molecule has 0 bridgehead atoms. The van der Waals surface area contributed by atoms with E-state index in [-0.39, 0.29) is 0 Å². The van der Waals surface area contributed by atoms with E-state index in [4.69, 9.17) is 5.11 Å². The van der Waals surface area contributed by atoms with Gasteiger partial charge in [-0.2, -0.15) is 0 Å². The Morgan fingerprint density at radius 2 is 1.40 bits per heavy atom. The average Bonchev–Trinajstić information content (AvgIpc) is 2.69. The second-order valence-electron chi connectivity index (χ2n) is 7.51. The molecule has 0 unspecified atom stereocenters. The molecule has 0 saturated carbocycles. The molecule has 0 aromatic heterocycles. The van der Waals surface area contributed by atoms with E-state index >= 15 is 0 Å². The second kappa shape index (κ2) is 16.3. The van der Waals surface area contributed by atoms with Gasteiger partial charge in [-0.1, -0.05) is 64.7 Å². The number of carbonyl (C=O) groups is 1. The van der Waals surface area contributed by atoms with Crippen LogP contribution in [0.15, 0.2) is 18.2 Å². The van der Waals surface area contributed by atoms with Gasteiger partial charge in [0.25, 0.3) is 11.4 Å². The zero-order chi connectivity index (χ0) is 22.9. The van der Waals surface area contributed by atoms with Crippen molar-refractivity contribution in [2.24, 2.45) is 0 Å². The fourth-order valence-electron chi connectivity index (χ4n) is 2.88. The lowest BCUT2D eigenvalue weighted by atomic mass is 10.1. The summed E-state index contributed by atoms with van der Waals surface area (Å²) in [6, 6.07) is 2.35. The molecular weight excluding hydrogens is 390 g/mol. The summed E-state index contributed by atoms with van der Waals surface area (Å²) in [5.74, 6) is -1.50. The minimum atomic E-state index is -1.50. The van der Waals surface area contributed by atoms with Crippen molar-refractivity contribution in [1.29, 1.82) is 0 Å². The monoisotopic (exact) mass is 425 g/mol. The Morgan fingerprint density at radius 1 is 0.900 bits per heavy atom. The normalized spacial score (nSPS) is 10.4. The molecule has 9 heteroatoms. The molecule has 0 fully saturated rings. The van der Waals surface area contributed by atoms with Crippen LogP contribution < -0.4 is 0 Å². The summed E-state index contributed by atoms with van der Waals surface area (Å²) >= 11 is 0. The van der Waals surface area contributed by atoms with Crippen molar-refractivity contribution >= 4 is 17.3 Å². The number of rotatable bonds is 14. The highest BCUT2D eigenvalue weighted by molar-refractivity contribution is 5.92. The number of non-ortho nitro benzene ring substituents is 1. The van der Waals surface area contributed by atoms with E-state index in [9.17, 15) is 25.0 Å². The zero-order valence-corrected chi connectivity index (χ0v) is 18.3. The summed E-state index contributed by atoms with van der Waals surface area (Å²) in [6.07, 6.45) is 14.4. The Kier molecular flexibility index (Phi) is 14.9. The summed E-state index contributed by atoms with van der Waals surface area (Å²) in [6.45, 7) is 3.54. The fourth-order valence-corrected chi connectivity index (χ4v) is 2.88. The van der Waals surface area contributed by atoms with Gasteiger partial charge in [0.05, 0.1) is 15.9 Å². The third kappa shape index (κ3) is 12.8. The lowest BCUT2D eigenvalue weighted by Gasteiger charge is -2.08. The first kappa shape index (κ1) is 27.5. The Hall–Kier alpha value is -2.55. The number of nitro groups is 2. The zero-order valence-electron chi connectivity index (χ0n) is 18.3. The second-order valence-corrected chi connectivity index (χ2v) is 7.51. The van der Waals surface area contributed by atoms with Crippen molar-refractivity contribution < 1.29 is 19.7 Å². The number of benzene rings is 1. The first-order chi connectivity index (χ1) is 14.2. The molecule has 9 nitrogen and oxygen atoms in total. The van der Waals surface area contributed by atoms with E-state index in [0.717, 1.165) is 12.1 Å². The van der Waals surface area contributed by atoms with Crippen molar-refractivity contribution in [1.82, 2.24) is 4.90 Å². The van der Waals surface area contributed by atoms with Crippen LogP contribution in [0, 0.1) is 20.2 Å². The molecule has 1 aromatic rings. The number of nitrogens with zero attached hydrogens (tertiary/aromatic N) is 3. The van der Waals surface area contributed by atoms with Gasteiger partial charge in [0.1, 0.15) is 5.56 Å². The van der Waals surface area contributed by atoms with E-state index in [2.05, 4.69) is 25.9 Å². The van der Waals surface area contributed by atoms with Gasteiger partial charge in [-0.05, 0) is 33.1 Å². The van der Waals surface area contributed by atoms with Crippen molar-refractivity contribution in [2.45, 2.75) is 71.1 Å². The SMILES string of the molecule is CCCCCCCCCCCCN(C)C.O=C(O)c1ccc([N+](=O)[O-])cc1[N+](=O)[O-]. The quantitative estimate of drug-likeness (QED) is 0.231.